The topological polar surface area (TPSA) is 73.6 Å². The van der Waals surface area contributed by atoms with Crippen molar-refractivity contribution < 1.29 is 14.3 Å². The highest BCUT2D eigenvalue weighted by Crippen LogP contribution is 2.50. The van der Waals surface area contributed by atoms with E-state index >= 15 is 0 Å². The summed E-state index contributed by atoms with van der Waals surface area (Å²) >= 11 is 0. The molecule has 0 atom stereocenters. The lowest BCUT2D eigenvalue weighted by atomic mass is 9.95. The standard InChI is InChI=1S/C13H16N2O3/c14-15-12(16)13(4-5-13)9-2-3-10-11(8-9)18-7-1-6-17-10/h2-3,8H,1,4-7,14H2,(H,15,16). The fraction of sp³-hybridized carbons (Fsp3) is 0.462. The normalized spacial score (nSPS) is 19.8. The van der Waals surface area contributed by atoms with Crippen molar-refractivity contribution in [2.24, 2.45) is 5.84 Å². The lowest BCUT2D eigenvalue weighted by molar-refractivity contribution is -0.123. The van der Waals surface area contributed by atoms with Gasteiger partial charge in [-0.3, -0.25) is 10.2 Å². The molecule has 0 spiro atoms. The number of benzene rings is 1. The molecule has 2 aliphatic rings. The van der Waals surface area contributed by atoms with E-state index in [0.29, 0.717) is 13.2 Å². The fourth-order valence-corrected chi connectivity index (χ4v) is 2.37. The van der Waals surface area contributed by atoms with Gasteiger partial charge in [-0.15, -0.1) is 0 Å². The lowest BCUT2D eigenvalue weighted by Gasteiger charge is -2.16. The second kappa shape index (κ2) is 4.17. The van der Waals surface area contributed by atoms with Crippen molar-refractivity contribution >= 4 is 5.91 Å². The molecule has 5 heteroatoms. The number of ether oxygens (including phenoxy) is 2. The van der Waals surface area contributed by atoms with Crippen molar-refractivity contribution in [3.63, 3.8) is 0 Å². The van der Waals surface area contributed by atoms with Crippen molar-refractivity contribution in [2.45, 2.75) is 24.7 Å². The minimum absolute atomic E-state index is 0.128. The van der Waals surface area contributed by atoms with Gasteiger partial charge in [0.2, 0.25) is 5.91 Å². The van der Waals surface area contributed by atoms with Gasteiger partial charge in [0, 0.05) is 6.42 Å². The van der Waals surface area contributed by atoms with Crippen molar-refractivity contribution in [2.75, 3.05) is 13.2 Å². The van der Waals surface area contributed by atoms with Crippen molar-refractivity contribution in [1.29, 1.82) is 0 Å². The van der Waals surface area contributed by atoms with Crippen LogP contribution in [0.2, 0.25) is 0 Å². The van der Waals surface area contributed by atoms with Gasteiger partial charge >= 0.3 is 0 Å². The van der Waals surface area contributed by atoms with E-state index < -0.39 is 5.41 Å². The molecule has 96 valence electrons. The summed E-state index contributed by atoms with van der Waals surface area (Å²) in [4.78, 5) is 11.8. The van der Waals surface area contributed by atoms with E-state index in [1.54, 1.807) is 0 Å². The predicted octanol–water partition coefficient (Wildman–Crippen LogP) is 0.869. The van der Waals surface area contributed by atoms with Crippen LogP contribution in [0.5, 0.6) is 11.5 Å². The Kier molecular flexibility index (Phi) is 2.63. The molecule has 3 N–H and O–H groups in total. The number of hydrogen-bond acceptors (Lipinski definition) is 4. The predicted molar refractivity (Wildman–Crippen MR) is 65.3 cm³/mol. The molecule has 18 heavy (non-hydrogen) atoms. The summed E-state index contributed by atoms with van der Waals surface area (Å²) in [5.74, 6) is 6.59. The van der Waals surface area contributed by atoms with Crippen LogP contribution in [0.4, 0.5) is 0 Å². The molecule has 3 rings (SSSR count). The number of carbonyl (C=O) groups excluding carboxylic acids is 1. The molecule has 0 saturated heterocycles. The molecule has 0 radical (unpaired) electrons. The average molecular weight is 248 g/mol. The molecule has 1 aliphatic heterocycles. The second-order valence-electron chi connectivity index (χ2n) is 4.77. The van der Waals surface area contributed by atoms with Crippen molar-refractivity contribution in [3.8, 4) is 11.5 Å². The minimum Gasteiger partial charge on any atom is -0.490 e. The first-order valence-electron chi connectivity index (χ1n) is 6.17. The number of rotatable bonds is 2. The first-order valence-corrected chi connectivity index (χ1v) is 6.17. The largest absolute Gasteiger partial charge is 0.490 e. The Morgan fingerprint density at radius 3 is 2.61 bits per heavy atom. The van der Waals surface area contributed by atoms with E-state index in [4.69, 9.17) is 15.3 Å². The highest BCUT2D eigenvalue weighted by atomic mass is 16.5. The van der Waals surface area contributed by atoms with E-state index in [0.717, 1.165) is 36.3 Å². The number of hydrazine groups is 1. The van der Waals surface area contributed by atoms with Crippen LogP contribution in [0, 0.1) is 0 Å². The maximum atomic E-state index is 11.8. The highest BCUT2D eigenvalue weighted by molar-refractivity contribution is 5.91. The third kappa shape index (κ3) is 1.71. The smallest absolute Gasteiger partial charge is 0.244 e. The van der Waals surface area contributed by atoms with Crippen LogP contribution in [-0.2, 0) is 10.2 Å². The Labute approximate surface area is 105 Å². The molecule has 1 aromatic carbocycles. The molecule has 0 aromatic heterocycles. The lowest BCUT2D eigenvalue weighted by Crippen LogP contribution is -2.39. The van der Waals surface area contributed by atoms with Gasteiger partial charge < -0.3 is 9.47 Å². The van der Waals surface area contributed by atoms with Gasteiger partial charge in [0.1, 0.15) is 0 Å². The first kappa shape index (κ1) is 11.3. The van der Waals surface area contributed by atoms with Gasteiger partial charge in [-0.25, -0.2) is 5.84 Å². The van der Waals surface area contributed by atoms with Crippen LogP contribution >= 0.6 is 0 Å². The number of nitrogens with one attached hydrogen (secondary N) is 1. The van der Waals surface area contributed by atoms with Crippen molar-refractivity contribution in [1.82, 2.24) is 5.43 Å². The monoisotopic (exact) mass is 248 g/mol. The highest BCUT2D eigenvalue weighted by Gasteiger charge is 2.51. The number of amides is 1. The molecule has 1 aliphatic carbocycles. The minimum atomic E-state index is -0.459. The summed E-state index contributed by atoms with van der Waals surface area (Å²) in [6.07, 6.45) is 2.53. The molecule has 5 nitrogen and oxygen atoms in total. The Hall–Kier alpha value is -1.75. The zero-order valence-electron chi connectivity index (χ0n) is 10.1. The van der Waals surface area contributed by atoms with Crippen LogP contribution in [0.1, 0.15) is 24.8 Å². The third-order valence-electron chi connectivity index (χ3n) is 3.62. The summed E-state index contributed by atoms with van der Waals surface area (Å²) in [6.45, 7) is 1.31. The third-order valence-corrected chi connectivity index (χ3v) is 3.62. The molecule has 1 amide bonds. The molecule has 1 aromatic rings. The van der Waals surface area contributed by atoms with Crippen LogP contribution < -0.4 is 20.7 Å². The number of nitrogens with two attached hydrogens (primary N) is 1. The molecule has 0 unspecified atom stereocenters. The Bertz CT molecular complexity index is 483. The summed E-state index contributed by atoms with van der Waals surface area (Å²) in [6, 6.07) is 5.71. The van der Waals surface area contributed by atoms with Crippen LogP contribution in [0.15, 0.2) is 18.2 Å². The molecule has 0 bridgehead atoms. The Morgan fingerprint density at radius 2 is 1.94 bits per heavy atom. The van der Waals surface area contributed by atoms with Gasteiger partial charge in [0.15, 0.2) is 11.5 Å². The maximum Gasteiger partial charge on any atom is 0.244 e. The zero-order valence-corrected chi connectivity index (χ0v) is 10.1. The van der Waals surface area contributed by atoms with Crippen LogP contribution in [0.3, 0.4) is 0 Å². The second-order valence-corrected chi connectivity index (χ2v) is 4.77. The summed E-state index contributed by atoms with van der Waals surface area (Å²) < 4.78 is 11.2. The number of fused-ring (bicyclic) bond motifs is 1. The quantitative estimate of drug-likeness (QED) is 0.462. The molecular weight excluding hydrogens is 232 g/mol. The summed E-state index contributed by atoms with van der Waals surface area (Å²) in [7, 11) is 0. The van der Waals surface area contributed by atoms with Crippen LogP contribution in [-0.4, -0.2) is 19.1 Å². The molecular formula is C13H16N2O3. The van der Waals surface area contributed by atoms with E-state index in [2.05, 4.69) is 5.43 Å². The Balaban J connectivity index is 1.95. The maximum absolute atomic E-state index is 11.8. The van der Waals surface area contributed by atoms with Crippen LogP contribution in [0.25, 0.3) is 0 Å². The van der Waals surface area contributed by atoms with E-state index in [-0.39, 0.29) is 5.91 Å². The SMILES string of the molecule is NNC(=O)C1(c2ccc3c(c2)OCCCO3)CC1. The van der Waals surface area contributed by atoms with E-state index in [9.17, 15) is 4.79 Å². The average Bonchev–Trinajstić information content (AvgIpc) is 3.21. The summed E-state index contributed by atoms with van der Waals surface area (Å²) in [5.41, 5.74) is 2.74. The van der Waals surface area contributed by atoms with E-state index in [1.807, 2.05) is 18.2 Å². The number of carbonyl (C=O) groups is 1. The van der Waals surface area contributed by atoms with Crippen molar-refractivity contribution in [3.05, 3.63) is 23.8 Å². The van der Waals surface area contributed by atoms with Gasteiger partial charge in [-0.05, 0) is 30.5 Å². The Morgan fingerprint density at radius 1 is 1.22 bits per heavy atom. The first-order chi connectivity index (χ1) is 8.76. The fourth-order valence-electron chi connectivity index (χ4n) is 2.37. The summed E-state index contributed by atoms with van der Waals surface area (Å²) in [5, 5.41) is 0. The van der Waals surface area contributed by atoms with Gasteiger partial charge in [-0.1, -0.05) is 6.07 Å². The van der Waals surface area contributed by atoms with Gasteiger partial charge in [-0.2, -0.15) is 0 Å². The molecule has 1 fully saturated rings. The van der Waals surface area contributed by atoms with Gasteiger partial charge in [0.05, 0.1) is 18.6 Å². The molecule has 1 saturated carbocycles. The number of hydrogen-bond donors (Lipinski definition) is 2. The van der Waals surface area contributed by atoms with Gasteiger partial charge in [0.25, 0.3) is 0 Å². The van der Waals surface area contributed by atoms with E-state index in [1.165, 1.54) is 0 Å². The zero-order chi connectivity index (χ0) is 12.6. The molecule has 1 heterocycles.